The summed E-state index contributed by atoms with van der Waals surface area (Å²) in [6.45, 7) is 0. The molecule has 0 aliphatic carbocycles. The summed E-state index contributed by atoms with van der Waals surface area (Å²) in [5, 5.41) is 6.48. The molecule has 1 fully saturated rings. The van der Waals surface area contributed by atoms with Crippen molar-refractivity contribution in [1.29, 1.82) is 0 Å². The van der Waals surface area contributed by atoms with E-state index in [-0.39, 0.29) is 12.0 Å². The summed E-state index contributed by atoms with van der Waals surface area (Å²) in [5.74, 6) is 3.39. The van der Waals surface area contributed by atoms with Crippen molar-refractivity contribution in [1.82, 2.24) is 10.1 Å². The molecule has 0 amide bonds. The van der Waals surface area contributed by atoms with Gasteiger partial charge in [-0.3, -0.25) is 0 Å². The molecule has 0 spiro atoms. The second-order valence-electron chi connectivity index (χ2n) is 5.29. The molecule has 106 valence electrons. The van der Waals surface area contributed by atoms with Gasteiger partial charge in [0.05, 0.1) is 5.92 Å². The molecule has 2 aromatic carbocycles. The van der Waals surface area contributed by atoms with Crippen LogP contribution in [-0.4, -0.2) is 27.7 Å². The number of aromatic nitrogens is 2. The quantitative estimate of drug-likeness (QED) is 0.787. The van der Waals surface area contributed by atoms with Crippen molar-refractivity contribution in [2.24, 2.45) is 5.73 Å². The van der Waals surface area contributed by atoms with E-state index < -0.39 is 0 Å². The third-order valence-corrected chi connectivity index (χ3v) is 5.13. The fourth-order valence-corrected chi connectivity index (χ4v) is 4.03. The monoisotopic (exact) mass is 297 g/mol. The van der Waals surface area contributed by atoms with Crippen LogP contribution in [0.5, 0.6) is 0 Å². The molecule has 1 aliphatic heterocycles. The van der Waals surface area contributed by atoms with Gasteiger partial charge in [-0.05, 0) is 10.8 Å². The second kappa shape index (κ2) is 5.16. The predicted molar refractivity (Wildman–Crippen MR) is 85.3 cm³/mol. The van der Waals surface area contributed by atoms with E-state index in [1.165, 1.54) is 5.39 Å². The fraction of sp³-hybridized carbons (Fsp3) is 0.250. The Labute approximate surface area is 126 Å². The van der Waals surface area contributed by atoms with Crippen LogP contribution in [0.1, 0.15) is 11.8 Å². The Morgan fingerprint density at radius 3 is 2.81 bits per heavy atom. The Hall–Kier alpha value is -1.85. The first kappa shape index (κ1) is 12.9. The lowest BCUT2D eigenvalue weighted by Gasteiger charge is -2.07. The summed E-state index contributed by atoms with van der Waals surface area (Å²) < 4.78 is 5.47. The number of hydrogen-bond acceptors (Lipinski definition) is 5. The Balaban J connectivity index is 1.78. The number of nitrogens with zero attached hydrogens (tertiary/aromatic N) is 2. The number of benzene rings is 2. The van der Waals surface area contributed by atoms with Gasteiger partial charge < -0.3 is 10.3 Å². The zero-order chi connectivity index (χ0) is 14.2. The van der Waals surface area contributed by atoms with Crippen LogP contribution in [-0.2, 0) is 0 Å². The molecular weight excluding hydrogens is 282 g/mol. The van der Waals surface area contributed by atoms with Crippen molar-refractivity contribution in [3.63, 3.8) is 0 Å². The molecule has 0 radical (unpaired) electrons. The zero-order valence-corrected chi connectivity index (χ0v) is 12.2. The third-order valence-electron chi connectivity index (χ3n) is 3.91. The van der Waals surface area contributed by atoms with Gasteiger partial charge in [0.15, 0.2) is 0 Å². The summed E-state index contributed by atoms with van der Waals surface area (Å²) in [6.07, 6.45) is 0. The number of fused-ring (bicyclic) bond motifs is 1. The molecule has 1 aromatic heterocycles. The number of rotatable bonds is 2. The van der Waals surface area contributed by atoms with Gasteiger partial charge >= 0.3 is 0 Å². The van der Waals surface area contributed by atoms with Crippen LogP contribution in [0, 0.1) is 0 Å². The van der Waals surface area contributed by atoms with Crippen LogP contribution >= 0.6 is 11.8 Å². The Kier molecular flexibility index (Phi) is 3.16. The number of nitrogens with two attached hydrogens (primary N) is 1. The molecular formula is C16H15N3OS. The van der Waals surface area contributed by atoms with E-state index >= 15 is 0 Å². The van der Waals surface area contributed by atoms with Gasteiger partial charge in [-0.1, -0.05) is 47.6 Å². The van der Waals surface area contributed by atoms with Gasteiger partial charge in [0.25, 0.3) is 0 Å². The third kappa shape index (κ3) is 2.22. The first-order chi connectivity index (χ1) is 10.3. The van der Waals surface area contributed by atoms with Crippen molar-refractivity contribution >= 4 is 22.5 Å². The standard InChI is InChI=1S/C16H15N3OS/c17-14-9-21-8-13(14)16-18-15(19-20-16)12-7-3-5-10-4-1-2-6-11(10)12/h1-7,13-14H,8-9,17H2. The smallest absolute Gasteiger partial charge is 0.232 e. The average Bonchev–Trinajstić information content (AvgIpc) is 3.15. The molecule has 2 atom stereocenters. The highest BCUT2D eigenvalue weighted by Crippen LogP contribution is 2.33. The van der Waals surface area contributed by atoms with E-state index in [1.807, 2.05) is 36.0 Å². The fourth-order valence-electron chi connectivity index (χ4n) is 2.74. The maximum atomic E-state index is 6.10. The number of thioether (sulfide) groups is 1. The Morgan fingerprint density at radius 2 is 1.95 bits per heavy atom. The zero-order valence-electron chi connectivity index (χ0n) is 11.4. The van der Waals surface area contributed by atoms with Crippen LogP contribution in [0.2, 0.25) is 0 Å². The minimum Gasteiger partial charge on any atom is -0.339 e. The van der Waals surface area contributed by atoms with E-state index in [4.69, 9.17) is 10.3 Å². The molecule has 21 heavy (non-hydrogen) atoms. The van der Waals surface area contributed by atoms with E-state index in [0.29, 0.717) is 11.7 Å². The van der Waals surface area contributed by atoms with Gasteiger partial charge in [-0.15, -0.1) is 0 Å². The Bertz CT molecular complexity index is 781. The molecule has 5 heteroatoms. The van der Waals surface area contributed by atoms with E-state index in [1.54, 1.807) is 0 Å². The van der Waals surface area contributed by atoms with Crippen molar-refractivity contribution in [3.8, 4) is 11.4 Å². The van der Waals surface area contributed by atoms with Crippen molar-refractivity contribution in [2.45, 2.75) is 12.0 Å². The summed E-state index contributed by atoms with van der Waals surface area (Å²) in [5.41, 5.74) is 7.10. The second-order valence-corrected chi connectivity index (χ2v) is 6.37. The predicted octanol–water partition coefficient (Wildman–Crippen LogP) is 3.05. The van der Waals surface area contributed by atoms with Gasteiger partial charge in [-0.25, -0.2) is 0 Å². The largest absolute Gasteiger partial charge is 0.339 e. The lowest BCUT2D eigenvalue weighted by Crippen LogP contribution is -2.26. The molecule has 1 saturated heterocycles. The lowest BCUT2D eigenvalue weighted by atomic mass is 10.0. The molecule has 2 N–H and O–H groups in total. The van der Waals surface area contributed by atoms with Crippen LogP contribution < -0.4 is 5.73 Å². The minimum absolute atomic E-state index is 0.107. The van der Waals surface area contributed by atoms with Gasteiger partial charge in [-0.2, -0.15) is 16.7 Å². The van der Waals surface area contributed by atoms with Crippen LogP contribution in [0.25, 0.3) is 22.2 Å². The van der Waals surface area contributed by atoms with Gasteiger partial charge in [0, 0.05) is 23.1 Å². The highest BCUT2D eigenvalue weighted by atomic mass is 32.2. The minimum atomic E-state index is 0.107. The normalized spacial score (nSPS) is 22.0. The summed E-state index contributed by atoms with van der Waals surface area (Å²) >= 11 is 1.84. The molecule has 4 nitrogen and oxygen atoms in total. The van der Waals surface area contributed by atoms with E-state index in [9.17, 15) is 0 Å². The van der Waals surface area contributed by atoms with Crippen LogP contribution in [0.3, 0.4) is 0 Å². The van der Waals surface area contributed by atoms with Gasteiger partial charge in [0.1, 0.15) is 0 Å². The SMILES string of the molecule is NC1CSCC1c1nc(-c2cccc3ccccc23)no1. The molecule has 3 aromatic rings. The van der Waals surface area contributed by atoms with Gasteiger partial charge in [0.2, 0.25) is 11.7 Å². The van der Waals surface area contributed by atoms with Crippen LogP contribution in [0.4, 0.5) is 0 Å². The number of hydrogen-bond donors (Lipinski definition) is 1. The Morgan fingerprint density at radius 1 is 1.10 bits per heavy atom. The molecule has 4 rings (SSSR count). The highest BCUT2D eigenvalue weighted by Gasteiger charge is 2.31. The molecule has 0 bridgehead atoms. The van der Waals surface area contributed by atoms with Crippen molar-refractivity contribution < 1.29 is 4.52 Å². The van der Waals surface area contributed by atoms with E-state index in [0.717, 1.165) is 22.5 Å². The summed E-state index contributed by atoms with van der Waals surface area (Å²) in [6, 6.07) is 14.5. The maximum absolute atomic E-state index is 6.10. The van der Waals surface area contributed by atoms with Crippen molar-refractivity contribution in [3.05, 3.63) is 48.4 Å². The first-order valence-corrected chi connectivity index (χ1v) is 8.13. The lowest BCUT2D eigenvalue weighted by molar-refractivity contribution is 0.353. The molecule has 1 aliphatic rings. The van der Waals surface area contributed by atoms with E-state index in [2.05, 4.69) is 28.3 Å². The molecule has 2 heterocycles. The topological polar surface area (TPSA) is 64.9 Å². The molecule has 2 unspecified atom stereocenters. The first-order valence-electron chi connectivity index (χ1n) is 6.98. The highest BCUT2D eigenvalue weighted by molar-refractivity contribution is 7.99. The molecule has 0 saturated carbocycles. The van der Waals surface area contributed by atoms with Crippen LogP contribution in [0.15, 0.2) is 47.0 Å². The maximum Gasteiger partial charge on any atom is 0.232 e. The summed E-state index contributed by atoms with van der Waals surface area (Å²) in [4.78, 5) is 4.59. The summed E-state index contributed by atoms with van der Waals surface area (Å²) in [7, 11) is 0. The van der Waals surface area contributed by atoms with Crippen molar-refractivity contribution in [2.75, 3.05) is 11.5 Å². The average molecular weight is 297 g/mol.